The second-order valence-electron chi connectivity index (χ2n) is 14.6. The number of hydrogen-bond acceptors (Lipinski definition) is 3. The van der Waals surface area contributed by atoms with Gasteiger partial charge in [0.2, 0.25) is 5.71 Å². The average molecular weight is 680 g/mol. The molecule has 3 heterocycles. The van der Waals surface area contributed by atoms with E-state index in [0.29, 0.717) is 5.71 Å². The molecular formula is C49H33N3O. The van der Waals surface area contributed by atoms with Crippen molar-refractivity contribution in [3.8, 4) is 50.5 Å². The minimum absolute atomic E-state index is 0.0862. The van der Waals surface area contributed by atoms with Gasteiger partial charge < -0.3 is 8.98 Å². The molecule has 1 aliphatic carbocycles. The molecule has 4 nitrogen and oxygen atoms in total. The van der Waals surface area contributed by atoms with Crippen molar-refractivity contribution in [3.63, 3.8) is 0 Å². The van der Waals surface area contributed by atoms with E-state index in [-0.39, 0.29) is 5.41 Å². The van der Waals surface area contributed by atoms with Crippen LogP contribution in [0.3, 0.4) is 0 Å². The number of fused-ring (bicyclic) bond motifs is 9. The van der Waals surface area contributed by atoms with Crippen LogP contribution in [0.5, 0.6) is 0 Å². The van der Waals surface area contributed by atoms with Gasteiger partial charge in [-0.05, 0) is 81.9 Å². The maximum Gasteiger partial charge on any atom is 0.246 e. The predicted molar refractivity (Wildman–Crippen MR) is 218 cm³/mol. The second-order valence-corrected chi connectivity index (χ2v) is 14.6. The van der Waals surface area contributed by atoms with Crippen molar-refractivity contribution in [1.82, 2.24) is 14.5 Å². The summed E-state index contributed by atoms with van der Waals surface area (Å²) in [5.74, 6) is 0. The van der Waals surface area contributed by atoms with Crippen molar-refractivity contribution in [3.05, 3.63) is 175 Å². The summed E-state index contributed by atoms with van der Waals surface area (Å²) in [6, 6.07) is 58.3. The fourth-order valence-electron chi connectivity index (χ4n) is 8.60. The van der Waals surface area contributed by atoms with Crippen LogP contribution in [0.25, 0.3) is 94.5 Å². The third-order valence-corrected chi connectivity index (χ3v) is 11.2. The van der Waals surface area contributed by atoms with Gasteiger partial charge in [0, 0.05) is 38.4 Å². The van der Waals surface area contributed by atoms with E-state index in [1.807, 2.05) is 36.4 Å². The van der Waals surface area contributed by atoms with E-state index < -0.39 is 0 Å². The molecule has 0 radical (unpaired) electrons. The number of furan rings is 1. The van der Waals surface area contributed by atoms with Gasteiger partial charge in [-0.1, -0.05) is 129 Å². The summed E-state index contributed by atoms with van der Waals surface area (Å²) in [5.41, 5.74) is 16.9. The lowest BCUT2D eigenvalue weighted by atomic mass is 9.82. The van der Waals surface area contributed by atoms with Gasteiger partial charge in [0.1, 0.15) is 16.8 Å². The zero-order valence-corrected chi connectivity index (χ0v) is 29.3. The van der Waals surface area contributed by atoms with Gasteiger partial charge in [0.15, 0.2) is 0 Å². The lowest BCUT2D eigenvalue weighted by Gasteiger charge is -2.21. The lowest BCUT2D eigenvalue weighted by Crippen LogP contribution is -2.14. The number of para-hydroxylation sites is 1. The molecular weight excluding hydrogens is 647 g/mol. The number of rotatable bonds is 4. The molecule has 0 spiro atoms. The highest BCUT2D eigenvalue weighted by atomic mass is 16.3. The minimum atomic E-state index is -0.0862. The van der Waals surface area contributed by atoms with E-state index in [1.165, 1.54) is 44.1 Å². The Morgan fingerprint density at radius 1 is 0.472 bits per heavy atom. The first-order valence-electron chi connectivity index (χ1n) is 18.2. The fraction of sp³-hybridized carbons (Fsp3) is 0.0612. The Morgan fingerprint density at radius 2 is 1.08 bits per heavy atom. The van der Waals surface area contributed by atoms with Crippen LogP contribution in [0.1, 0.15) is 25.0 Å². The highest BCUT2D eigenvalue weighted by molar-refractivity contribution is 6.13. The average Bonchev–Trinajstić information content (AvgIpc) is 3.81. The van der Waals surface area contributed by atoms with Crippen LogP contribution in [0.2, 0.25) is 0 Å². The number of hydrogen-bond donors (Lipinski definition) is 0. The smallest absolute Gasteiger partial charge is 0.246 e. The third-order valence-electron chi connectivity index (χ3n) is 11.2. The molecule has 0 N–H and O–H groups in total. The summed E-state index contributed by atoms with van der Waals surface area (Å²) in [7, 11) is 0. The zero-order chi connectivity index (χ0) is 35.3. The Bertz CT molecular complexity index is 3060. The summed E-state index contributed by atoms with van der Waals surface area (Å²) in [5, 5.41) is 3.42. The first-order valence-corrected chi connectivity index (χ1v) is 18.2. The molecule has 1 aliphatic rings. The van der Waals surface area contributed by atoms with E-state index in [4.69, 9.17) is 14.4 Å². The van der Waals surface area contributed by atoms with Gasteiger partial charge in [-0.2, -0.15) is 0 Å². The molecule has 0 aliphatic heterocycles. The van der Waals surface area contributed by atoms with Crippen molar-refractivity contribution < 1.29 is 4.42 Å². The van der Waals surface area contributed by atoms with Crippen LogP contribution < -0.4 is 0 Å². The Balaban J connectivity index is 1.13. The van der Waals surface area contributed by atoms with Gasteiger partial charge in [-0.15, -0.1) is 0 Å². The minimum Gasteiger partial charge on any atom is -0.436 e. The molecule has 10 aromatic rings. The highest BCUT2D eigenvalue weighted by Crippen LogP contribution is 2.51. The SMILES string of the molecule is CC1(C)c2ccccc2-c2cc3c4cc(-c5ccc6oc7nc(-c8ccccc8)c(-c8ccccc8)nc7c6c5)ccc4n(-c4ccccc4)c3cc21. The molecule has 250 valence electrons. The van der Waals surface area contributed by atoms with Crippen molar-refractivity contribution >= 4 is 44.0 Å². The molecule has 0 unspecified atom stereocenters. The van der Waals surface area contributed by atoms with Crippen LogP contribution >= 0.6 is 0 Å². The Labute approximate surface area is 306 Å². The second kappa shape index (κ2) is 11.1. The largest absolute Gasteiger partial charge is 0.436 e. The molecule has 0 fully saturated rings. The summed E-state index contributed by atoms with van der Waals surface area (Å²) >= 11 is 0. The monoisotopic (exact) mass is 679 g/mol. The maximum atomic E-state index is 6.39. The van der Waals surface area contributed by atoms with Crippen LogP contribution in [0.15, 0.2) is 168 Å². The van der Waals surface area contributed by atoms with Crippen LogP contribution in [0.4, 0.5) is 0 Å². The number of aromatic nitrogens is 3. The fourth-order valence-corrected chi connectivity index (χ4v) is 8.60. The van der Waals surface area contributed by atoms with Crippen LogP contribution in [-0.4, -0.2) is 14.5 Å². The number of benzene rings is 7. The summed E-state index contributed by atoms with van der Waals surface area (Å²) in [6.45, 7) is 4.70. The molecule has 0 saturated carbocycles. The quantitative estimate of drug-likeness (QED) is 0.186. The molecule has 53 heavy (non-hydrogen) atoms. The van der Waals surface area contributed by atoms with Crippen molar-refractivity contribution in [2.75, 3.05) is 0 Å². The molecule has 3 aromatic heterocycles. The molecule has 0 bridgehead atoms. The molecule has 0 saturated heterocycles. The van der Waals surface area contributed by atoms with Crippen molar-refractivity contribution in [2.24, 2.45) is 0 Å². The summed E-state index contributed by atoms with van der Waals surface area (Å²) in [4.78, 5) is 10.4. The number of nitrogens with zero attached hydrogens (tertiary/aromatic N) is 3. The van der Waals surface area contributed by atoms with E-state index in [1.54, 1.807) is 0 Å². The molecule has 7 aromatic carbocycles. The molecule has 0 amide bonds. The van der Waals surface area contributed by atoms with Gasteiger partial charge >= 0.3 is 0 Å². The highest BCUT2D eigenvalue weighted by Gasteiger charge is 2.36. The van der Waals surface area contributed by atoms with Crippen molar-refractivity contribution in [2.45, 2.75) is 19.3 Å². The normalized spacial score (nSPS) is 13.2. The van der Waals surface area contributed by atoms with E-state index in [0.717, 1.165) is 55.8 Å². The first kappa shape index (κ1) is 29.9. The standard InChI is InChI=1S/C49H33N3O/c1-49(2)40-21-13-12-20-35(40)36-28-38-37-26-32(22-24-42(37)52(43(38)29-41(36)49)34-18-10-5-11-19-34)33-23-25-44-39(27-33)47-48(53-44)51-46(31-16-8-4-9-17-31)45(50-47)30-14-6-3-7-15-30/h3-29H,1-2H3. The lowest BCUT2D eigenvalue weighted by molar-refractivity contribution is 0.653. The maximum absolute atomic E-state index is 6.39. The van der Waals surface area contributed by atoms with Crippen LogP contribution in [0, 0.1) is 0 Å². The van der Waals surface area contributed by atoms with E-state index >= 15 is 0 Å². The molecule has 11 rings (SSSR count). The summed E-state index contributed by atoms with van der Waals surface area (Å²) in [6.07, 6.45) is 0. The first-order chi connectivity index (χ1) is 26.0. The Hall–Kier alpha value is -6.78. The van der Waals surface area contributed by atoms with E-state index in [9.17, 15) is 0 Å². The Kier molecular flexibility index (Phi) is 6.27. The predicted octanol–water partition coefficient (Wildman–Crippen LogP) is 12.8. The van der Waals surface area contributed by atoms with Gasteiger partial charge in [0.05, 0.1) is 16.7 Å². The summed E-state index contributed by atoms with van der Waals surface area (Å²) < 4.78 is 8.81. The zero-order valence-electron chi connectivity index (χ0n) is 29.3. The Morgan fingerprint density at radius 3 is 1.81 bits per heavy atom. The molecule has 4 heteroatoms. The van der Waals surface area contributed by atoms with Gasteiger partial charge in [0.25, 0.3) is 0 Å². The van der Waals surface area contributed by atoms with Gasteiger partial charge in [-0.3, -0.25) is 0 Å². The van der Waals surface area contributed by atoms with E-state index in [2.05, 4.69) is 146 Å². The topological polar surface area (TPSA) is 43.9 Å². The third kappa shape index (κ3) is 4.42. The van der Waals surface area contributed by atoms with Gasteiger partial charge in [-0.25, -0.2) is 9.97 Å². The van der Waals surface area contributed by atoms with Crippen LogP contribution in [-0.2, 0) is 5.41 Å². The molecule has 0 atom stereocenters. The van der Waals surface area contributed by atoms with Crippen molar-refractivity contribution in [1.29, 1.82) is 0 Å².